The lowest BCUT2D eigenvalue weighted by Gasteiger charge is -2.24. The van der Waals surface area contributed by atoms with E-state index in [-0.39, 0.29) is 11.9 Å². The van der Waals surface area contributed by atoms with E-state index in [9.17, 15) is 4.79 Å². The minimum Gasteiger partial charge on any atom is -0.354 e. The maximum Gasteiger partial charge on any atom is 0.243 e. The number of hydrogen-bond acceptors (Lipinski definition) is 3. The number of fused-ring (bicyclic) bond motifs is 1. The second-order valence-corrected chi connectivity index (χ2v) is 5.60. The third-order valence-electron chi connectivity index (χ3n) is 3.46. The van der Waals surface area contributed by atoms with Crippen LogP contribution in [-0.4, -0.2) is 32.9 Å². The van der Waals surface area contributed by atoms with Crippen LogP contribution in [0.15, 0.2) is 12.3 Å². The van der Waals surface area contributed by atoms with Gasteiger partial charge in [0.15, 0.2) is 5.65 Å². The highest BCUT2D eigenvalue weighted by atomic mass is 35.5. The number of piperidine rings is 1. The molecular formula is C13H14Cl2N4O. The summed E-state index contributed by atoms with van der Waals surface area (Å²) in [5, 5.41) is 3.43. The maximum absolute atomic E-state index is 12.1. The average Bonchev–Trinajstić information content (AvgIpc) is 2.77. The first-order valence-corrected chi connectivity index (χ1v) is 7.48. The van der Waals surface area contributed by atoms with Crippen LogP contribution in [0.1, 0.15) is 24.7 Å². The van der Waals surface area contributed by atoms with Crippen LogP contribution in [0.3, 0.4) is 0 Å². The van der Waals surface area contributed by atoms with Gasteiger partial charge in [-0.05, 0) is 18.9 Å². The average molecular weight is 313 g/mol. The number of nitrogens with one attached hydrogen (secondary N) is 1. The number of aryl methyl sites for hydroxylation is 1. The Labute approximate surface area is 126 Å². The zero-order valence-corrected chi connectivity index (χ0v) is 12.3. The topological polar surface area (TPSA) is 59.8 Å². The van der Waals surface area contributed by atoms with Gasteiger partial charge in [-0.2, -0.15) is 0 Å². The number of hydrogen-bond donors (Lipinski definition) is 1. The van der Waals surface area contributed by atoms with Gasteiger partial charge in [0.05, 0.1) is 5.02 Å². The number of carbonyl (C=O) groups excluding carboxylic acids is 1. The van der Waals surface area contributed by atoms with E-state index in [0.717, 1.165) is 25.2 Å². The van der Waals surface area contributed by atoms with Gasteiger partial charge in [-0.1, -0.05) is 11.6 Å². The van der Waals surface area contributed by atoms with Gasteiger partial charge in [0, 0.05) is 25.0 Å². The zero-order chi connectivity index (χ0) is 14.1. The summed E-state index contributed by atoms with van der Waals surface area (Å²) >= 11 is 11.8. The summed E-state index contributed by atoms with van der Waals surface area (Å²) in [6.07, 6.45) is 3.91. The van der Waals surface area contributed by atoms with E-state index in [1.54, 1.807) is 12.3 Å². The van der Waals surface area contributed by atoms with Crippen molar-refractivity contribution in [3.63, 3.8) is 0 Å². The van der Waals surface area contributed by atoms with Gasteiger partial charge < -0.3 is 5.32 Å². The van der Waals surface area contributed by atoms with Crippen molar-refractivity contribution >= 4 is 40.3 Å². The molecule has 1 atom stereocenters. The predicted octanol–water partition coefficient (Wildman–Crippen LogP) is 2.32. The summed E-state index contributed by atoms with van der Waals surface area (Å²) in [6.45, 7) is 0.728. The molecule has 0 aliphatic carbocycles. The molecule has 0 radical (unpaired) electrons. The number of imidazole rings is 1. The smallest absolute Gasteiger partial charge is 0.243 e. The highest BCUT2D eigenvalue weighted by Crippen LogP contribution is 2.26. The van der Waals surface area contributed by atoms with Crippen LogP contribution in [0.25, 0.3) is 11.2 Å². The molecule has 0 aromatic carbocycles. The molecule has 3 heterocycles. The van der Waals surface area contributed by atoms with Gasteiger partial charge in [-0.15, -0.1) is 11.6 Å². The van der Waals surface area contributed by atoms with Crippen LogP contribution in [0.4, 0.5) is 0 Å². The highest BCUT2D eigenvalue weighted by molar-refractivity contribution is 6.31. The molecule has 1 fully saturated rings. The monoisotopic (exact) mass is 312 g/mol. The van der Waals surface area contributed by atoms with E-state index in [1.165, 1.54) is 0 Å². The maximum atomic E-state index is 12.1. The van der Waals surface area contributed by atoms with E-state index >= 15 is 0 Å². The number of aromatic nitrogens is 3. The number of amides is 1. The highest BCUT2D eigenvalue weighted by Gasteiger charge is 2.28. The Morgan fingerprint density at radius 2 is 2.35 bits per heavy atom. The van der Waals surface area contributed by atoms with Crippen molar-refractivity contribution in [2.45, 2.75) is 25.3 Å². The van der Waals surface area contributed by atoms with Gasteiger partial charge in [0.25, 0.3) is 0 Å². The Balaban J connectivity index is 2.15. The number of nitrogens with zero attached hydrogens (tertiary/aromatic N) is 3. The SMILES string of the molecule is O=C1NCCCC1n1c(CCCl)nc2cc(Cl)cnc21. The molecule has 20 heavy (non-hydrogen) atoms. The van der Waals surface area contributed by atoms with Crippen LogP contribution >= 0.6 is 23.2 Å². The van der Waals surface area contributed by atoms with Crippen molar-refractivity contribution < 1.29 is 4.79 Å². The minimum absolute atomic E-state index is 0.0168. The van der Waals surface area contributed by atoms with Crippen LogP contribution in [0.2, 0.25) is 5.02 Å². The quantitative estimate of drug-likeness (QED) is 0.885. The van der Waals surface area contributed by atoms with E-state index in [1.807, 2.05) is 4.57 Å². The van der Waals surface area contributed by atoms with Gasteiger partial charge in [0.1, 0.15) is 17.4 Å². The molecule has 2 aromatic rings. The number of halogens is 2. The summed E-state index contributed by atoms with van der Waals surface area (Å²) in [5.41, 5.74) is 1.40. The molecule has 0 bridgehead atoms. The fraction of sp³-hybridized carbons (Fsp3) is 0.462. The molecule has 1 N–H and O–H groups in total. The third kappa shape index (κ3) is 2.36. The first-order chi connectivity index (χ1) is 9.70. The normalized spacial score (nSPS) is 19.3. The lowest BCUT2D eigenvalue weighted by molar-refractivity contribution is -0.125. The number of alkyl halides is 1. The van der Waals surface area contributed by atoms with Crippen molar-refractivity contribution in [1.29, 1.82) is 0 Å². The Morgan fingerprint density at radius 3 is 3.10 bits per heavy atom. The minimum atomic E-state index is -0.263. The lowest BCUT2D eigenvalue weighted by atomic mass is 10.1. The van der Waals surface area contributed by atoms with E-state index in [4.69, 9.17) is 23.2 Å². The van der Waals surface area contributed by atoms with Crippen molar-refractivity contribution in [1.82, 2.24) is 19.9 Å². The molecule has 106 valence electrons. The van der Waals surface area contributed by atoms with Crippen LogP contribution in [0.5, 0.6) is 0 Å². The predicted molar refractivity (Wildman–Crippen MR) is 78.2 cm³/mol. The van der Waals surface area contributed by atoms with E-state index < -0.39 is 0 Å². The summed E-state index contributed by atoms with van der Waals surface area (Å²) in [6, 6.07) is 1.50. The molecule has 3 rings (SSSR count). The van der Waals surface area contributed by atoms with Crippen molar-refractivity contribution in [3.05, 3.63) is 23.1 Å². The van der Waals surface area contributed by atoms with Crippen molar-refractivity contribution in [2.24, 2.45) is 0 Å². The molecule has 1 aliphatic heterocycles. The first-order valence-electron chi connectivity index (χ1n) is 6.56. The van der Waals surface area contributed by atoms with Gasteiger partial charge in [-0.3, -0.25) is 9.36 Å². The van der Waals surface area contributed by atoms with Gasteiger partial charge >= 0.3 is 0 Å². The fourth-order valence-corrected chi connectivity index (χ4v) is 2.92. The van der Waals surface area contributed by atoms with Crippen LogP contribution in [-0.2, 0) is 11.2 Å². The number of pyridine rings is 1. The van der Waals surface area contributed by atoms with Gasteiger partial charge in [-0.25, -0.2) is 9.97 Å². The third-order valence-corrected chi connectivity index (χ3v) is 3.85. The fourth-order valence-electron chi connectivity index (χ4n) is 2.60. The molecule has 2 aromatic heterocycles. The molecule has 1 unspecified atom stereocenters. The summed E-state index contributed by atoms with van der Waals surface area (Å²) in [4.78, 5) is 21.0. The van der Waals surface area contributed by atoms with Crippen LogP contribution in [0, 0.1) is 0 Å². The Kier molecular flexibility index (Phi) is 3.81. The Bertz CT molecular complexity index is 655. The molecule has 0 spiro atoms. The van der Waals surface area contributed by atoms with E-state index in [2.05, 4.69) is 15.3 Å². The lowest BCUT2D eigenvalue weighted by Crippen LogP contribution is -2.38. The molecule has 0 saturated carbocycles. The Morgan fingerprint density at radius 1 is 1.50 bits per heavy atom. The second-order valence-electron chi connectivity index (χ2n) is 4.78. The molecule has 1 amide bonds. The molecule has 7 heteroatoms. The standard InChI is InChI=1S/C13H14Cl2N4O/c14-4-3-11-18-9-6-8(15)7-17-12(9)19(11)10-2-1-5-16-13(10)20/h6-7,10H,1-5H2,(H,16,20). The molecule has 5 nitrogen and oxygen atoms in total. The number of rotatable bonds is 3. The van der Waals surface area contributed by atoms with Crippen LogP contribution < -0.4 is 5.32 Å². The number of carbonyl (C=O) groups is 1. The summed E-state index contributed by atoms with van der Waals surface area (Å²) < 4.78 is 1.91. The first kappa shape index (κ1) is 13.6. The molecule has 1 aliphatic rings. The van der Waals surface area contributed by atoms with Gasteiger partial charge in [0.2, 0.25) is 5.91 Å². The second kappa shape index (κ2) is 5.58. The van der Waals surface area contributed by atoms with Crippen molar-refractivity contribution in [2.75, 3.05) is 12.4 Å². The molecule has 1 saturated heterocycles. The zero-order valence-electron chi connectivity index (χ0n) is 10.8. The van der Waals surface area contributed by atoms with E-state index in [0.29, 0.717) is 28.5 Å². The largest absolute Gasteiger partial charge is 0.354 e. The van der Waals surface area contributed by atoms with Crippen molar-refractivity contribution in [3.8, 4) is 0 Å². The summed E-state index contributed by atoms with van der Waals surface area (Å²) in [7, 11) is 0. The summed E-state index contributed by atoms with van der Waals surface area (Å²) in [5.74, 6) is 1.25. The molecular weight excluding hydrogens is 299 g/mol. The Hall–Kier alpha value is -1.33.